The molecule has 1 atom stereocenters. The summed E-state index contributed by atoms with van der Waals surface area (Å²) < 4.78 is 1.23. The highest BCUT2D eigenvalue weighted by molar-refractivity contribution is 5.93. The summed E-state index contributed by atoms with van der Waals surface area (Å²) in [5, 5.41) is 25.7. The highest BCUT2D eigenvalue weighted by Gasteiger charge is 2.19. The minimum Gasteiger partial charge on any atom is -0.324 e. The molecule has 0 aliphatic heterocycles. The smallest absolute Gasteiger partial charge is 0.307 e. The number of rotatable bonds is 5. The molecule has 8 nitrogen and oxygen atoms in total. The number of aromatic nitrogens is 2. The number of amides is 1. The maximum Gasteiger partial charge on any atom is 0.307 e. The SMILES string of the molecule is CC(C(=O)Nc1ccc(CC#N)cc1)n1cc([N+](=O)[O-])cn1. The second-order valence-electron chi connectivity index (χ2n) is 4.63. The molecule has 1 N–H and O–H groups in total. The zero-order valence-electron chi connectivity index (χ0n) is 11.8. The van der Waals surface area contributed by atoms with Crippen LogP contribution < -0.4 is 5.32 Å². The van der Waals surface area contributed by atoms with Gasteiger partial charge in [0, 0.05) is 5.69 Å². The van der Waals surface area contributed by atoms with E-state index in [1.165, 1.54) is 10.9 Å². The lowest BCUT2D eigenvalue weighted by molar-refractivity contribution is -0.385. The van der Waals surface area contributed by atoms with Gasteiger partial charge in [0.2, 0.25) is 5.91 Å². The van der Waals surface area contributed by atoms with Crippen molar-refractivity contribution in [3.05, 3.63) is 52.3 Å². The van der Waals surface area contributed by atoms with Gasteiger partial charge in [0.1, 0.15) is 18.4 Å². The van der Waals surface area contributed by atoms with Gasteiger partial charge in [0.25, 0.3) is 0 Å². The fourth-order valence-electron chi connectivity index (χ4n) is 1.80. The predicted molar refractivity (Wildman–Crippen MR) is 78.0 cm³/mol. The number of hydrogen-bond donors (Lipinski definition) is 1. The van der Waals surface area contributed by atoms with Crippen LogP contribution in [-0.4, -0.2) is 20.6 Å². The summed E-state index contributed by atoms with van der Waals surface area (Å²) in [5.74, 6) is -0.342. The van der Waals surface area contributed by atoms with Crippen LogP contribution in [0.3, 0.4) is 0 Å². The normalized spacial score (nSPS) is 11.5. The molecule has 0 bridgehead atoms. The van der Waals surface area contributed by atoms with Gasteiger partial charge in [-0.3, -0.25) is 19.6 Å². The third kappa shape index (κ3) is 3.46. The number of benzene rings is 1. The van der Waals surface area contributed by atoms with Gasteiger partial charge in [-0.1, -0.05) is 12.1 Å². The van der Waals surface area contributed by atoms with Gasteiger partial charge in [-0.2, -0.15) is 10.4 Å². The predicted octanol–water partition coefficient (Wildman–Crippen LogP) is 2.06. The molecule has 1 aromatic heterocycles. The van der Waals surface area contributed by atoms with Crippen LogP contribution in [0, 0.1) is 21.4 Å². The summed E-state index contributed by atoms with van der Waals surface area (Å²) in [6.45, 7) is 1.59. The monoisotopic (exact) mass is 299 g/mol. The molecule has 0 fully saturated rings. The van der Waals surface area contributed by atoms with Crippen molar-refractivity contribution in [2.75, 3.05) is 5.32 Å². The summed E-state index contributed by atoms with van der Waals surface area (Å²) >= 11 is 0. The van der Waals surface area contributed by atoms with Gasteiger partial charge in [-0.15, -0.1) is 0 Å². The largest absolute Gasteiger partial charge is 0.324 e. The number of hydrogen-bond acceptors (Lipinski definition) is 5. The Morgan fingerprint density at radius 3 is 2.73 bits per heavy atom. The van der Waals surface area contributed by atoms with E-state index in [2.05, 4.69) is 10.4 Å². The van der Waals surface area contributed by atoms with E-state index in [0.717, 1.165) is 11.8 Å². The van der Waals surface area contributed by atoms with Crippen LogP contribution in [0.25, 0.3) is 0 Å². The van der Waals surface area contributed by atoms with E-state index < -0.39 is 11.0 Å². The Morgan fingerprint density at radius 1 is 1.50 bits per heavy atom. The lowest BCUT2D eigenvalue weighted by atomic mass is 10.1. The zero-order chi connectivity index (χ0) is 16.1. The summed E-state index contributed by atoms with van der Waals surface area (Å²) in [4.78, 5) is 22.2. The highest BCUT2D eigenvalue weighted by Crippen LogP contribution is 2.16. The zero-order valence-corrected chi connectivity index (χ0v) is 11.8. The van der Waals surface area contributed by atoms with Crippen LogP contribution in [0.15, 0.2) is 36.7 Å². The average molecular weight is 299 g/mol. The summed E-state index contributed by atoms with van der Waals surface area (Å²) in [5.41, 5.74) is 1.27. The molecule has 0 saturated heterocycles. The Hall–Kier alpha value is -3.21. The average Bonchev–Trinajstić information content (AvgIpc) is 2.99. The van der Waals surface area contributed by atoms with E-state index in [1.807, 2.05) is 6.07 Å². The van der Waals surface area contributed by atoms with Gasteiger partial charge < -0.3 is 5.32 Å². The molecule has 0 saturated carbocycles. The molecule has 2 rings (SSSR count). The molecule has 1 amide bonds. The molecule has 22 heavy (non-hydrogen) atoms. The maximum absolute atomic E-state index is 12.1. The first-order valence-corrected chi connectivity index (χ1v) is 6.46. The van der Waals surface area contributed by atoms with Crippen LogP contribution in [0.4, 0.5) is 11.4 Å². The van der Waals surface area contributed by atoms with Gasteiger partial charge >= 0.3 is 5.69 Å². The Balaban J connectivity index is 2.04. The molecule has 0 aliphatic rings. The van der Waals surface area contributed by atoms with Crippen molar-refractivity contribution in [3.8, 4) is 6.07 Å². The fraction of sp³-hybridized carbons (Fsp3) is 0.214. The van der Waals surface area contributed by atoms with Gasteiger partial charge in [0.05, 0.1) is 17.4 Å². The van der Waals surface area contributed by atoms with Gasteiger partial charge in [-0.25, -0.2) is 0 Å². The highest BCUT2D eigenvalue weighted by atomic mass is 16.6. The molecule has 0 spiro atoms. The van der Waals surface area contributed by atoms with E-state index >= 15 is 0 Å². The second-order valence-corrected chi connectivity index (χ2v) is 4.63. The molecular formula is C14H13N5O3. The molecular weight excluding hydrogens is 286 g/mol. The van der Waals surface area contributed by atoms with E-state index in [0.29, 0.717) is 12.1 Å². The topological polar surface area (TPSA) is 114 Å². The van der Waals surface area contributed by atoms with E-state index in [1.54, 1.807) is 31.2 Å². The number of nitrogens with zero attached hydrogens (tertiary/aromatic N) is 4. The lowest BCUT2D eigenvalue weighted by Gasteiger charge is -2.12. The van der Waals surface area contributed by atoms with Gasteiger partial charge in [-0.05, 0) is 24.6 Å². The third-order valence-corrected chi connectivity index (χ3v) is 3.08. The Bertz CT molecular complexity index is 730. The van der Waals surface area contributed by atoms with Crippen molar-refractivity contribution >= 4 is 17.3 Å². The number of anilines is 1. The van der Waals surface area contributed by atoms with Crippen molar-refractivity contribution in [2.45, 2.75) is 19.4 Å². The molecule has 8 heteroatoms. The molecule has 0 aliphatic carbocycles. The third-order valence-electron chi connectivity index (χ3n) is 3.08. The Morgan fingerprint density at radius 2 is 2.18 bits per heavy atom. The number of nitrogens with one attached hydrogen (secondary N) is 1. The first-order chi connectivity index (χ1) is 10.5. The number of nitriles is 1. The Kier molecular flexibility index (Phi) is 4.48. The van der Waals surface area contributed by atoms with Crippen LogP contribution in [0.2, 0.25) is 0 Å². The van der Waals surface area contributed by atoms with Crippen molar-refractivity contribution in [2.24, 2.45) is 0 Å². The first kappa shape index (κ1) is 15.2. The van der Waals surface area contributed by atoms with Crippen LogP contribution in [-0.2, 0) is 11.2 Å². The number of nitro groups is 1. The van der Waals surface area contributed by atoms with E-state index in [4.69, 9.17) is 5.26 Å². The molecule has 1 unspecified atom stereocenters. The number of carbonyl (C=O) groups is 1. The number of carbonyl (C=O) groups excluding carboxylic acids is 1. The molecule has 112 valence electrons. The summed E-state index contributed by atoms with van der Waals surface area (Å²) in [6, 6.07) is 8.25. The van der Waals surface area contributed by atoms with Crippen LogP contribution in [0.5, 0.6) is 0 Å². The summed E-state index contributed by atoms with van der Waals surface area (Å²) in [6.07, 6.45) is 2.61. The van der Waals surface area contributed by atoms with E-state index in [-0.39, 0.29) is 11.6 Å². The van der Waals surface area contributed by atoms with Crippen molar-refractivity contribution in [1.82, 2.24) is 9.78 Å². The minimum absolute atomic E-state index is 0.166. The van der Waals surface area contributed by atoms with Gasteiger partial charge in [0.15, 0.2) is 0 Å². The first-order valence-electron chi connectivity index (χ1n) is 6.46. The summed E-state index contributed by atoms with van der Waals surface area (Å²) in [7, 11) is 0. The van der Waals surface area contributed by atoms with E-state index in [9.17, 15) is 14.9 Å². The van der Waals surface area contributed by atoms with Crippen molar-refractivity contribution in [1.29, 1.82) is 5.26 Å². The van der Waals surface area contributed by atoms with Crippen LogP contribution in [0.1, 0.15) is 18.5 Å². The maximum atomic E-state index is 12.1. The molecule has 2 aromatic rings. The van der Waals surface area contributed by atoms with Crippen molar-refractivity contribution < 1.29 is 9.72 Å². The quantitative estimate of drug-likeness (QED) is 0.670. The minimum atomic E-state index is -0.688. The lowest BCUT2D eigenvalue weighted by Crippen LogP contribution is -2.24. The standard InChI is InChI=1S/C14H13N5O3/c1-10(18-9-13(8-16-18)19(21)22)14(20)17-12-4-2-11(3-5-12)6-7-15/h2-5,8-10H,6H2,1H3,(H,17,20). The Labute approximate surface area is 126 Å². The fourth-order valence-corrected chi connectivity index (χ4v) is 1.80. The molecule has 0 radical (unpaired) electrons. The second kappa shape index (κ2) is 6.49. The molecule has 1 heterocycles. The van der Waals surface area contributed by atoms with Crippen LogP contribution >= 0.6 is 0 Å². The van der Waals surface area contributed by atoms with Crippen molar-refractivity contribution in [3.63, 3.8) is 0 Å². The molecule has 1 aromatic carbocycles.